The summed E-state index contributed by atoms with van der Waals surface area (Å²) in [6.45, 7) is 0. The van der Waals surface area contributed by atoms with Gasteiger partial charge in [-0.05, 0) is 12.1 Å². The largest absolute Gasteiger partial charge is 0.296 e. The first kappa shape index (κ1) is 8.14. The van der Waals surface area contributed by atoms with E-state index in [1.165, 1.54) is 11.9 Å². The Morgan fingerprint density at radius 3 is 2.55 bits per heavy atom. The molecule has 58 valence electrons. The van der Waals surface area contributed by atoms with Gasteiger partial charge in [0.1, 0.15) is 0 Å². The lowest BCUT2D eigenvalue weighted by molar-refractivity contribution is 0.0984. The second-order valence-electron chi connectivity index (χ2n) is 2.00. The highest BCUT2D eigenvalue weighted by atomic mass is 32.2. The minimum Gasteiger partial charge on any atom is -0.296 e. The van der Waals surface area contributed by atoms with Gasteiger partial charge in [0.15, 0.2) is 0 Å². The van der Waals surface area contributed by atoms with E-state index in [1.807, 2.05) is 24.5 Å². The lowest BCUT2D eigenvalue weighted by Crippen LogP contribution is -2.14. The summed E-state index contributed by atoms with van der Waals surface area (Å²) in [5.41, 5.74) is 0.696. The van der Waals surface area contributed by atoms with E-state index in [1.54, 1.807) is 12.1 Å². The average Bonchev–Trinajstić information content (AvgIpc) is 2.07. The number of hydrogen-bond acceptors (Lipinski definition) is 2. The third kappa shape index (κ3) is 2.27. The molecule has 1 rings (SSSR count). The topological polar surface area (TPSA) is 29.1 Å². The van der Waals surface area contributed by atoms with Gasteiger partial charge in [-0.25, -0.2) is 0 Å². The van der Waals surface area contributed by atoms with Gasteiger partial charge in [-0.1, -0.05) is 30.1 Å². The average molecular weight is 167 g/mol. The van der Waals surface area contributed by atoms with Crippen molar-refractivity contribution in [1.29, 1.82) is 0 Å². The molecule has 0 aliphatic carbocycles. The van der Waals surface area contributed by atoms with E-state index in [0.717, 1.165) is 0 Å². The number of rotatable bonds is 2. The molecule has 3 heteroatoms. The normalized spacial score (nSPS) is 9.18. The maximum absolute atomic E-state index is 11.1. The minimum absolute atomic E-state index is 0.0434. The fraction of sp³-hybridized carbons (Fsp3) is 0.125. The molecule has 11 heavy (non-hydrogen) atoms. The van der Waals surface area contributed by atoms with Crippen LogP contribution in [0.3, 0.4) is 0 Å². The van der Waals surface area contributed by atoms with E-state index in [4.69, 9.17) is 0 Å². The van der Waals surface area contributed by atoms with Crippen molar-refractivity contribution in [1.82, 2.24) is 4.72 Å². The Balaban J connectivity index is 2.69. The van der Waals surface area contributed by atoms with Gasteiger partial charge in [0.05, 0.1) is 0 Å². The molecule has 0 aliphatic rings. The Bertz CT molecular complexity index is 235. The summed E-state index contributed by atoms with van der Waals surface area (Å²) < 4.78 is 2.64. The first-order valence-electron chi connectivity index (χ1n) is 3.23. The Morgan fingerprint density at radius 1 is 1.36 bits per heavy atom. The molecule has 0 heterocycles. The summed E-state index contributed by atoms with van der Waals surface area (Å²) in [4.78, 5) is 11.1. The molecule has 0 unspecified atom stereocenters. The van der Waals surface area contributed by atoms with Crippen molar-refractivity contribution in [2.75, 3.05) is 6.26 Å². The predicted octanol–water partition coefficient (Wildman–Crippen LogP) is 1.69. The van der Waals surface area contributed by atoms with Gasteiger partial charge in [0.2, 0.25) is 0 Å². The van der Waals surface area contributed by atoms with Crippen molar-refractivity contribution in [2.45, 2.75) is 0 Å². The van der Waals surface area contributed by atoms with Gasteiger partial charge < -0.3 is 0 Å². The van der Waals surface area contributed by atoms with E-state index >= 15 is 0 Å². The molecule has 0 aromatic heterocycles. The van der Waals surface area contributed by atoms with Crippen molar-refractivity contribution in [2.24, 2.45) is 0 Å². The SMILES string of the molecule is CSNC(=O)c1ccccc1. The second-order valence-corrected chi connectivity index (χ2v) is 2.61. The summed E-state index contributed by atoms with van der Waals surface area (Å²) in [7, 11) is 0. The lowest BCUT2D eigenvalue weighted by atomic mass is 10.2. The molecule has 0 spiro atoms. The summed E-state index contributed by atoms with van der Waals surface area (Å²) in [5.74, 6) is -0.0434. The van der Waals surface area contributed by atoms with Crippen LogP contribution in [-0.4, -0.2) is 12.2 Å². The molecule has 0 atom stereocenters. The van der Waals surface area contributed by atoms with E-state index in [2.05, 4.69) is 4.72 Å². The van der Waals surface area contributed by atoms with Crippen LogP contribution in [0, 0.1) is 0 Å². The fourth-order valence-corrected chi connectivity index (χ4v) is 1.04. The van der Waals surface area contributed by atoms with Gasteiger partial charge in [0, 0.05) is 11.8 Å². The second kappa shape index (κ2) is 4.03. The maximum atomic E-state index is 11.1. The van der Waals surface area contributed by atoms with Gasteiger partial charge in [0.25, 0.3) is 5.91 Å². The number of carbonyl (C=O) groups excluding carboxylic acids is 1. The van der Waals surface area contributed by atoms with Gasteiger partial charge in [-0.2, -0.15) is 0 Å². The number of nitrogens with one attached hydrogen (secondary N) is 1. The summed E-state index contributed by atoms with van der Waals surface area (Å²) in [6.07, 6.45) is 1.82. The number of amides is 1. The van der Waals surface area contributed by atoms with Crippen LogP contribution >= 0.6 is 11.9 Å². The number of benzene rings is 1. The zero-order valence-corrected chi connectivity index (χ0v) is 7.02. The quantitative estimate of drug-likeness (QED) is 0.679. The standard InChI is InChI=1S/C8H9NOS/c1-11-9-8(10)7-5-3-2-4-6-7/h2-6H,1H3,(H,9,10). The molecule has 0 bridgehead atoms. The van der Waals surface area contributed by atoms with Crippen LogP contribution in [-0.2, 0) is 0 Å². The monoisotopic (exact) mass is 167 g/mol. The molecule has 0 fully saturated rings. The van der Waals surface area contributed by atoms with E-state index in [0.29, 0.717) is 5.56 Å². The Labute approximate surface area is 70.1 Å². The number of carbonyl (C=O) groups is 1. The van der Waals surface area contributed by atoms with Crippen molar-refractivity contribution in [3.05, 3.63) is 35.9 Å². The molecule has 1 amide bonds. The highest BCUT2D eigenvalue weighted by Gasteiger charge is 2.00. The van der Waals surface area contributed by atoms with Gasteiger partial charge in [-0.15, -0.1) is 0 Å². The van der Waals surface area contributed by atoms with Crippen LogP contribution in [0.2, 0.25) is 0 Å². The van der Waals surface area contributed by atoms with Crippen molar-refractivity contribution in [3.63, 3.8) is 0 Å². The number of hydrogen-bond donors (Lipinski definition) is 1. The van der Waals surface area contributed by atoms with Crippen LogP contribution in [0.4, 0.5) is 0 Å². The van der Waals surface area contributed by atoms with E-state index in [9.17, 15) is 4.79 Å². The highest BCUT2D eigenvalue weighted by molar-refractivity contribution is 7.97. The zero-order valence-electron chi connectivity index (χ0n) is 6.20. The first-order valence-corrected chi connectivity index (χ1v) is 4.45. The lowest BCUT2D eigenvalue weighted by Gasteiger charge is -1.98. The smallest absolute Gasteiger partial charge is 0.261 e. The Hall–Kier alpha value is -0.960. The van der Waals surface area contributed by atoms with Crippen LogP contribution in [0.15, 0.2) is 30.3 Å². The van der Waals surface area contributed by atoms with Crippen LogP contribution < -0.4 is 4.72 Å². The molecule has 0 saturated heterocycles. The van der Waals surface area contributed by atoms with Gasteiger partial charge >= 0.3 is 0 Å². The maximum Gasteiger partial charge on any atom is 0.261 e. The highest BCUT2D eigenvalue weighted by Crippen LogP contribution is 1.99. The van der Waals surface area contributed by atoms with Crippen LogP contribution in [0.1, 0.15) is 10.4 Å². The first-order chi connectivity index (χ1) is 5.34. The Kier molecular flexibility index (Phi) is 2.98. The molecule has 1 aromatic carbocycles. The van der Waals surface area contributed by atoms with Crippen molar-refractivity contribution < 1.29 is 4.79 Å². The van der Waals surface area contributed by atoms with E-state index in [-0.39, 0.29) is 5.91 Å². The summed E-state index contributed by atoms with van der Waals surface area (Å²) >= 11 is 1.31. The predicted molar refractivity (Wildman–Crippen MR) is 47.4 cm³/mol. The molecule has 0 radical (unpaired) electrons. The molecule has 0 saturated carbocycles. The Morgan fingerprint density at radius 2 is 2.00 bits per heavy atom. The van der Waals surface area contributed by atoms with Gasteiger partial charge in [-0.3, -0.25) is 9.52 Å². The summed E-state index contributed by atoms with van der Waals surface area (Å²) in [5, 5.41) is 0. The van der Waals surface area contributed by atoms with Crippen molar-refractivity contribution >= 4 is 17.9 Å². The summed E-state index contributed by atoms with van der Waals surface area (Å²) in [6, 6.07) is 9.14. The third-order valence-corrected chi connectivity index (χ3v) is 1.62. The molecular weight excluding hydrogens is 158 g/mol. The molecule has 1 aromatic rings. The van der Waals surface area contributed by atoms with E-state index < -0.39 is 0 Å². The van der Waals surface area contributed by atoms with Crippen molar-refractivity contribution in [3.8, 4) is 0 Å². The third-order valence-electron chi connectivity index (χ3n) is 1.23. The molecule has 2 nitrogen and oxygen atoms in total. The zero-order chi connectivity index (χ0) is 8.10. The fourth-order valence-electron chi connectivity index (χ4n) is 0.741. The minimum atomic E-state index is -0.0434. The molecule has 1 N–H and O–H groups in total. The van der Waals surface area contributed by atoms with Crippen LogP contribution in [0.25, 0.3) is 0 Å². The molecular formula is C8H9NOS. The molecule has 0 aliphatic heterocycles. The van der Waals surface area contributed by atoms with Crippen LogP contribution in [0.5, 0.6) is 0 Å².